The summed E-state index contributed by atoms with van der Waals surface area (Å²) in [4.78, 5) is 31.5. The standard InChI is InChI=1S/C16H22N2O3S/c1-7-12(16(20)21-8(2)3)18-11(6)17-14-13(15(18)19)9(4)10(5)22-14/h8,12H,7H2,1-6H3. The van der Waals surface area contributed by atoms with Crippen LogP contribution in [0.4, 0.5) is 0 Å². The molecule has 2 aromatic heterocycles. The number of hydrogen-bond donors (Lipinski definition) is 0. The highest BCUT2D eigenvalue weighted by Crippen LogP contribution is 2.27. The third kappa shape index (κ3) is 2.79. The predicted octanol–water partition coefficient (Wildman–Crippen LogP) is 3.29. The van der Waals surface area contributed by atoms with Gasteiger partial charge in [-0.1, -0.05) is 6.92 Å². The molecule has 5 nitrogen and oxygen atoms in total. The molecule has 2 heterocycles. The molecule has 0 radical (unpaired) electrons. The first-order chi connectivity index (χ1) is 10.3. The van der Waals surface area contributed by atoms with Crippen molar-refractivity contribution in [3.05, 3.63) is 26.6 Å². The van der Waals surface area contributed by atoms with E-state index in [2.05, 4.69) is 4.98 Å². The van der Waals surface area contributed by atoms with Gasteiger partial charge < -0.3 is 4.74 Å². The van der Waals surface area contributed by atoms with Crippen molar-refractivity contribution in [2.45, 2.75) is 60.1 Å². The van der Waals surface area contributed by atoms with E-state index in [1.807, 2.05) is 20.8 Å². The van der Waals surface area contributed by atoms with Gasteiger partial charge in [0.15, 0.2) is 0 Å². The van der Waals surface area contributed by atoms with Gasteiger partial charge in [0.2, 0.25) is 0 Å². The van der Waals surface area contributed by atoms with Crippen LogP contribution in [0.15, 0.2) is 4.79 Å². The molecule has 2 rings (SSSR count). The van der Waals surface area contributed by atoms with Crippen LogP contribution < -0.4 is 5.56 Å². The molecule has 0 amide bonds. The number of carbonyl (C=O) groups is 1. The lowest BCUT2D eigenvalue weighted by Gasteiger charge is -2.20. The van der Waals surface area contributed by atoms with Crippen LogP contribution in [-0.2, 0) is 9.53 Å². The van der Waals surface area contributed by atoms with E-state index >= 15 is 0 Å². The first-order valence-corrected chi connectivity index (χ1v) is 8.28. The molecule has 6 heteroatoms. The molecule has 0 bridgehead atoms. The Balaban J connectivity index is 2.65. The number of hydrogen-bond acceptors (Lipinski definition) is 5. The number of nitrogens with zero attached hydrogens (tertiary/aromatic N) is 2. The third-order valence-corrected chi connectivity index (χ3v) is 4.83. The molecule has 0 aliphatic carbocycles. The minimum atomic E-state index is -0.633. The molecule has 1 atom stereocenters. The lowest BCUT2D eigenvalue weighted by molar-refractivity contribution is -0.151. The molecule has 0 N–H and O–H groups in total. The zero-order valence-electron chi connectivity index (χ0n) is 13.9. The maximum Gasteiger partial charge on any atom is 0.329 e. The van der Waals surface area contributed by atoms with Crippen LogP contribution in [0.5, 0.6) is 0 Å². The molecule has 0 aliphatic heterocycles. The summed E-state index contributed by atoms with van der Waals surface area (Å²) in [5.74, 6) is 0.166. The lowest BCUT2D eigenvalue weighted by atomic mass is 10.2. The van der Waals surface area contributed by atoms with Gasteiger partial charge in [-0.3, -0.25) is 9.36 Å². The number of carbonyl (C=O) groups excluding carboxylic acids is 1. The molecule has 0 aliphatic rings. The third-order valence-electron chi connectivity index (χ3n) is 3.73. The largest absolute Gasteiger partial charge is 0.461 e. The predicted molar refractivity (Wildman–Crippen MR) is 88.6 cm³/mol. The normalized spacial score (nSPS) is 12.9. The lowest BCUT2D eigenvalue weighted by Crippen LogP contribution is -2.34. The molecule has 1 unspecified atom stereocenters. The highest BCUT2D eigenvalue weighted by molar-refractivity contribution is 7.18. The zero-order valence-corrected chi connectivity index (χ0v) is 14.7. The molecule has 0 aromatic carbocycles. The van der Waals surface area contributed by atoms with Gasteiger partial charge in [0, 0.05) is 4.88 Å². The average molecular weight is 322 g/mol. The molecule has 0 fully saturated rings. The van der Waals surface area contributed by atoms with Crippen molar-refractivity contribution in [2.24, 2.45) is 0 Å². The second-order valence-corrected chi connectivity index (χ2v) is 6.91. The van der Waals surface area contributed by atoms with Gasteiger partial charge in [0.1, 0.15) is 16.7 Å². The van der Waals surface area contributed by atoms with Crippen LogP contribution in [0.2, 0.25) is 0 Å². The Bertz CT molecular complexity index is 774. The van der Waals surface area contributed by atoms with Gasteiger partial charge in [-0.2, -0.15) is 0 Å². The molecule has 0 saturated heterocycles. The number of ether oxygens (including phenoxy) is 1. The first kappa shape index (κ1) is 16.7. The number of fused-ring (bicyclic) bond motifs is 1. The van der Waals surface area contributed by atoms with Crippen molar-refractivity contribution in [3.8, 4) is 0 Å². The maximum atomic E-state index is 12.9. The fourth-order valence-corrected chi connectivity index (χ4v) is 3.61. The van der Waals surface area contributed by atoms with E-state index in [1.165, 1.54) is 15.9 Å². The van der Waals surface area contributed by atoms with Gasteiger partial charge in [-0.15, -0.1) is 11.3 Å². The Labute approximate surface area is 133 Å². The highest BCUT2D eigenvalue weighted by Gasteiger charge is 2.26. The summed E-state index contributed by atoms with van der Waals surface area (Å²) in [5.41, 5.74) is 0.787. The van der Waals surface area contributed by atoms with Crippen molar-refractivity contribution in [1.29, 1.82) is 0 Å². The summed E-state index contributed by atoms with van der Waals surface area (Å²) in [7, 11) is 0. The minimum Gasteiger partial charge on any atom is -0.461 e. The zero-order chi connectivity index (χ0) is 16.6. The van der Waals surface area contributed by atoms with Gasteiger partial charge in [0.25, 0.3) is 5.56 Å². The summed E-state index contributed by atoms with van der Waals surface area (Å²) in [5, 5.41) is 0.615. The molecular weight excluding hydrogens is 300 g/mol. The number of thiophene rings is 1. The second kappa shape index (κ2) is 6.20. The quantitative estimate of drug-likeness (QED) is 0.810. The Hall–Kier alpha value is -1.69. The van der Waals surface area contributed by atoms with Crippen LogP contribution in [0.1, 0.15) is 49.5 Å². The van der Waals surface area contributed by atoms with Crippen LogP contribution >= 0.6 is 11.3 Å². The Morgan fingerprint density at radius 2 is 1.95 bits per heavy atom. The Kier molecular flexibility index (Phi) is 4.70. The van der Waals surface area contributed by atoms with Crippen LogP contribution in [0.25, 0.3) is 10.2 Å². The van der Waals surface area contributed by atoms with Crippen LogP contribution in [0.3, 0.4) is 0 Å². The summed E-state index contributed by atoms with van der Waals surface area (Å²) in [6.45, 7) is 11.1. The second-order valence-electron chi connectivity index (χ2n) is 5.71. The first-order valence-electron chi connectivity index (χ1n) is 7.47. The van der Waals surface area contributed by atoms with E-state index in [0.29, 0.717) is 17.6 Å². The SMILES string of the molecule is CCC(C(=O)OC(C)C)n1c(C)nc2sc(C)c(C)c2c1=O. The monoisotopic (exact) mass is 322 g/mol. The number of rotatable bonds is 4. The smallest absolute Gasteiger partial charge is 0.329 e. The molecule has 0 saturated carbocycles. The summed E-state index contributed by atoms with van der Waals surface area (Å²) < 4.78 is 6.77. The van der Waals surface area contributed by atoms with Crippen LogP contribution in [-0.4, -0.2) is 21.6 Å². The molecule has 0 spiro atoms. The summed E-state index contributed by atoms with van der Waals surface area (Å²) in [6.07, 6.45) is 0.279. The van der Waals surface area contributed by atoms with Crippen molar-refractivity contribution >= 4 is 27.5 Å². The highest BCUT2D eigenvalue weighted by atomic mass is 32.1. The van der Waals surface area contributed by atoms with Crippen molar-refractivity contribution in [3.63, 3.8) is 0 Å². The van der Waals surface area contributed by atoms with E-state index in [-0.39, 0.29) is 17.6 Å². The van der Waals surface area contributed by atoms with E-state index in [9.17, 15) is 9.59 Å². The van der Waals surface area contributed by atoms with Crippen molar-refractivity contribution < 1.29 is 9.53 Å². The molecule has 22 heavy (non-hydrogen) atoms. The van der Waals surface area contributed by atoms with E-state index in [0.717, 1.165) is 15.3 Å². The summed E-state index contributed by atoms with van der Waals surface area (Å²) in [6, 6.07) is -0.633. The van der Waals surface area contributed by atoms with Gasteiger partial charge in [0.05, 0.1) is 11.5 Å². The van der Waals surface area contributed by atoms with E-state index in [1.54, 1.807) is 20.8 Å². The van der Waals surface area contributed by atoms with Gasteiger partial charge in [-0.25, -0.2) is 9.78 Å². The molecule has 2 aromatic rings. The van der Waals surface area contributed by atoms with Crippen LogP contribution in [0, 0.1) is 20.8 Å². The molecule has 120 valence electrons. The topological polar surface area (TPSA) is 61.2 Å². The Morgan fingerprint density at radius 3 is 2.50 bits per heavy atom. The number of esters is 1. The average Bonchev–Trinajstić information content (AvgIpc) is 2.68. The summed E-state index contributed by atoms with van der Waals surface area (Å²) >= 11 is 1.51. The number of aromatic nitrogens is 2. The fourth-order valence-electron chi connectivity index (χ4n) is 2.54. The van der Waals surface area contributed by atoms with Crippen molar-refractivity contribution in [1.82, 2.24) is 9.55 Å². The minimum absolute atomic E-state index is 0.156. The van der Waals surface area contributed by atoms with E-state index in [4.69, 9.17) is 4.74 Å². The van der Waals surface area contributed by atoms with Gasteiger partial charge >= 0.3 is 5.97 Å². The van der Waals surface area contributed by atoms with E-state index < -0.39 is 6.04 Å². The van der Waals surface area contributed by atoms with Gasteiger partial charge in [-0.05, 0) is 46.6 Å². The number of aryl methyl sites for hydroxylation is 3. The maximum absolute atomic E-state index is 12.9. The Morgan fingerprint density at radius 1 is 1.32 bits per heavy atom. The van der Waals surface area contributed by atoms with Crippen molar-refractivity contribution in [2.75, 3.05) is 0 Å². The fraction of sp³-hybridized carbons (Fsp3) is 0.562. The molecular formula is C16H22N2O3S.